The van der Waals surface area contributed by atoms with Crippen LogP contribution < -0.4 is 9.47 Å². The van der Waals surface area contributed by atoms with Gasteiger partial charge in [0.25, 0.3) is 0 Å². The highest BCUT2D eigenvalue weighted by molar-refractivity contribution is 7.12. The van der Waals surface area contributed by atoms with E-state index in [2.05, 4.69) is 4.99 Å². The van der Waals surface area contributed by atoms with Gasteiger partial charge in [-0.05, 0) is 52.9 Å². The van der Waals surface area contributed by atoms with Crippen molar-refractivity contribution in [3.63, 3.8) is 0 Å². The summed E-state index contributed by atoms with van der Waals surface area (Å²) in [6.07, 6.45) is 1.66. The number of aliphatic imine (C=N–C) groups is 1. The van der Waals surface area contributed by atoms with Gasteiger partial charge in [-0.2, -0.15) is 0 Å². The molecule has 4 rings (SSSR count). The van der Waals surface area contributed by atoms with Gasteiger partial charge in [0.15, 0.2) is 17.2 Å². The van der Waals surface area contributed by atoms with E-state index in [9.17, 15) is 4.79 Å². The lowest BCUT2D eigenvalue weighted by atomic mass is 10.1. The lowest BCUT2D eigenvalue weighted by Crippen LogP contribution is -2.03. The molecule has 0 spiro atoms. The number of carbonyl (C=O) groups excluding carboxylic acids is 1. The predicted molar refractivity (Wildman–Crippen MR) is 114 cm³/mol. The molecule has 1 aliphatic rings. The maximum Gasteiger partial charge on any atom is 0.363 e. The highest BCUT2D eigenvalue weighted by atomic mass is 35.5. The zero-order valence-corrected chi connectivity index (χ0v) is 17.0. The Morgan fingerprint density at radius 1 is 1.14 bits per heavy atom. The number of hydrogen-bond donors (Lipinski definition) is 0. The van der Waals surface area contributed by atoms with Crippen LogP contribution in [0.1, 0.15) is 16.0 Å². The first kappa shape index (κ1) is 19.2. The first-order valence-electron chi connectivity index (χ1n) is 8.74. The van der Waals surface area contributed by atoms with E-state index in [0.29, 0.717) is 29.0 Å². The van der Waals surface area contributed by atoms with E-state index in [1.165, 1.54) is 11.3 Å². The van der Waals surface area contributed by atoms with Gasteiger partial charge in [0.2, 0.25) is 5.90 Å². The summed E-state index contributed by atoms with van der Waals surface area (Å²) in [5.74, 6) is 1.00. The van der Waals surface area contributed by atoms with Gasteiger partial charge in [-0.25, -0.2) is 9.79 Å². The first-order valence-corrected chi connectivity index (χ1v) is 10.00. The Morgan fingerprint density at radius 3 is 2.69 bits per heavy atom. The molecule has 29 heavy (non-hydrogen) atoms. The fraction of sp³-hybridized carbons (Fsp3) is 0.0909. The van der Waals surface area contributed by atoms with Gasteiger partial charge >= 0.3 is 5.97 Å². The highest BCUT2D eigenvalue weighted by Gasteiger charge is 2.24. The number of thiophene rings is 1. The van der Waals surface area contributed by atoms with Crippen molar-refractivity contribution in [3.05, 3.63) is 86.7 Å². The minimum atomic E-state index is -0.476. The second kappa shape index (κ2) is 8.51. The Bertz CT molecular complexity index is 1090. The molecule has 7 heteroatoms. The zero-order chi connectivity index (χ0) is 20.2. The fourth-order valence-electron chi connectivity index (χ4n) is 2.71. The monoisotopic (exact) mass is 425 g/mol. The van der Waals surface area contributed by atoms with Crippen molar-refractivity contribution < 1.29 is 19.0 Å². The number of cyclic esters (lactones) is 1. The maximum absolute atomic E-state index is 12.1. The van der Waals surface area contributed by atoms with Crippen LogP contribution in [0, 0.1) is 0 Å². The number of benzene rings is 2. The molecular weight excluding hydrogens is 410 g/mol. The third kappa shape index (κ3) is 4.50. The summed E-state index contributed by atoms with van der Waals surface area (Å²) in [6.45, 7) is 0.384. The zero-order valence-electron chi connectivity index (χ0n) is 15.4. The van der Waals surface area contributed by atoms with Crippen LogP contribution in [0.5, 0.6) is 11.5 Å². The van der Waals surface area contributed by atoms with Crippen LogP contribution in [0.15, 0.2) is 70.7 Å². The molecule has 0 saturated carbocycles. The number of esters is 1. The number of hydrogen-bond acceptors (Lipinski definition) is 6. The van der Waals surface area contributed by atoms with Crippen molar-refractivity contribution in [1.29, 1.82) is 0 Å². The molecule has 0 amide bonds. The van der Waals surface area contributed by atoms with Crippen LogP contribution in [-0.4, -0.2) is 19.0 Å². The van der Waals surface area contributed by atoms with Gasteiger partial charge < -0.3 is 14.2 Å². The Morgan fingerprint density at radius 2 is 1.97 bits per heavy atom. The van der Waals surface area contributed by atoms with Gasteiger partial charge in [-0.15, -0.1) is 11.3 Å². The van der Waals surface area contributed by atoms with Crippen molar-refractivity contribution in [2.24, 2.45) is 4.99 Å². The summed E-state index contributed by atoms with van der Waals surface area (Å²) in [7, 11) is 1.57. The van der Waals surface area contributed by atoms with E-state index in [1.54, 1.807) is 25.3 Å². The van der Waals surface area contributed by atoms with E-state index in [-0.39, 0.29) is 5.70 Å². The third-order valence-electron chi connectivity index (χ3n) is 4.15. The summed E-state index contributed by atoms with van der Waals surface area (Å²) in [4.78, 5) is 17.2. The van der Waals surface area contributed by atoms with Gasteiger partial charge in [0, 0.05) is 5.02 Å². The molecule has 1 aromatic heterocycles. The number of nitrogens with zero attached hydrogens (tertiary/aromatic N) is 1. The Hall–Kier alpha value is -3.09. The van der Waals surface area contributed by atoms with Gasteiger partial charge in [0.05, 0.1) is 12.0 Å². The molecule has 0 radical (unpaired) electrons. The Kier molecular flexibility index (Phi) is 5.64. The second-order valence-electron chi connectivity index (χ2n) is 6.14. The molecule has 0 saturated heterocycles. The van der Waals surface area contributed by atoms with E-state index in [4.69, 9.17) is 25.8 Å². The van der Waals surface area contributed by atoms with Crippen molar-refractivity contribution in [2.75, 3.05) is 7.11 Å². The lowest BCUT2D eigenvalue weighted by molar-refractivity contribution is -0.129. The smallest absolute Gasteiger partial charge is 0.363 e. The molecule has 0 fully saturated rings. The number of ether oxygens (including phenoxy) is 3. The number of carbonyl (C=O) groups is 1. The third-order valence-corrected chi connectivity index (χ3v) is 5.26. The average molecular weight is 426 g/mol. The molecule has 3 aromatic rings. The molecule has 0 N–H and O–H groups in total. The summed E-state index contributed by atoms with van der Waals surface area (Å²) >= 11 is 7.37. The molecule has 0 bridgehead atoms. The first-order chi connectivity index (χ1) is 14.1. The van der Waals surface area contributed by atoms with Crippen LogP contribution in [0.3, 0.4) is 0 Å². The summed E-state index contributed by atoms with van der Waals surface area (Å²) in [5.41, 5.74) is 1.99. The van der Waals surface area contributed by atoms with Crippen molar-refractivity contribution in [2.45, 2.75) is 6.61 Å². The Labute approximate surface area is 176 Å². The molecular formula is C22H16ClNO4S. The fourth-order valence-corrected chi connectivity index (χ4v) is 3.48. The van der Waals surface area contributed by atoms with E-state index < -0.39 is 5.97 Å². The van der Waals surface area contributed by atoms with Crippen LogP contribution >= 0.6 is 22.9 Å². The number of methoxy groups -OCH3 is 1. The second-order valence-corrected chi connectivity index (χ2v) is 7.52. The molecule has 1 aliphatic heterocycles. The average Bonchev–Trinajstić information content (AvgIpc) is 3.38. The standard InChI is InChI=1S/C22H16ClNO4S/c1-26-19-12-15(6-9-18(19)27-13-14-4-7-16(23)8-5-14)11-17-22(25)28-21(24-17)20-3-2-10-29-20/h2-12H,13H2,1H3. The van der Waals surface area contributed by atoms with E-state index in [0.717, 1.165) is 16.0 Å². The molecule has 2 aromatic carbocycles. The van der Waals surface area contributed by atoms with E-state index in [1.807, 2.05) is 47.8 Å². The van der Waals surface area contributed by atoms with Crippen LogP contribution in [0.4, 0.5) is 0 Å². The largest absolute Gasteiger partial charge is 0.493 e. The van der Waals surface area contributed by atoms with Crippen LogP contribution in [0.25, 0.3) is 6.08 Å². The van der Waals surface area contributed by atoms with E-state index >= 15 is 0 Å². The quantitative estimate of drug-likeness (QED) is 0.395. The Balaban J connectivity index is 1.52. The number of rotatable bonds is 6. The number of halogens is 1. The predicted octanol–water partition coefficient (Wildman–Crippen LogP) is 5.33. The van der Waals surface area contributed by atoms with Crippen LogP contribution in [-0.2, 0) is 16.1 Å². The van der Waals surface area contributed by atoms with Gasteiger partial charge in [-0.1, -0.05) is 35.9 Å². The van der Waals surface area contributed by atoms with Gasteiger partial charge in [0.1, 0.15) is 6.61 Å². The summed E-state index contributed by atoms with van der Waals surface area (Å²) in [6, 6.07) is 16.6. The van der Waals surface area contributed by atoms with Crippen molar-refractivity contribution in [3.8, 4) is 11.5 Å². The molecule has 146 valence electrons. The minimum absolute atomic E-state index is 0.241. The minimum Gasteiger partial charge on any atom is -0.493 e. The molecule has 2 heterocycles. The molecule has 0 aliphatic carbocycles. The topological polar surface area (TPSA) is 57.1 Å². The molecule has 5 nitrogen and oxygen atoms in total. The van der Waals surface area contributed by atoms with Gasteiger partial charge in [-0.3, -0.25) is 0 Å². The summed E-state index contributed by atoms with van der Waals surface area (Å²) in [5, 5.41) is 2.58. The van der Waals surface area contributed by atoms with Crippen molar-refractivity contribution >= 4 is 40.9 Å². The SMILES string of the molecule is COc1cc(C=C2N=C(c3cccs3)OC2=O)ccc1OCc1ccc(Cl)cc1. The molecule has 0 atom stereocenters. The van der Waals surface area contributed by atoms with Crippen molar-refractivity contribution in [1.82, 2.24) is 0 Å². The highest BCUT2D eigenvalue weighted by Crippen LogP contribution is 2.30. The maximum atomic E-state index is 12.1. The normalized spacial score (nSPS) is 14.6. The molecule has 0 unspecified atom stereocenters. The summed E-state index contributed by atoms with van der Waals surface area (Å²) < 4.78 is 16.6. The van der Waals surface area contributed by atoms with Crippen LogP contribution in [0.2, 0.25) is 5.02 Å². The lowest BCUT2D eigenvalue weighted by Gasteiger charge is -2.11.